The van der Waals surface area contributed by atoms with Crippen LogP contribution in [0.15, 0.2) is 29.1 Å². The van der Waals surface area contributed by atoms with Crippen LogP contribution < -0.4 is 10.9 Å². The molecule has 0 bridgehead atoms. The van der Waals surface area contributed by atoms with E-state index in [4.69, 9.17) is 21.3 Å². The number of anilines is 1. The number of nitrogens with zero attached hydrogens (tertiary/aromatic N) is 4. The number of carboxylic acids is 1. The first-order chi connectivity index (χ1) is 18.0. The lowest BCUT2D eigenvalue weighted by atomic mass is 9.95. The highest BCUT2D eigenvalue weighted by molar-refractivity contribution is 6.29. The number of aromatic nitrogens is 3. The molecule has 1 aliphatic heterocycles. The Hall–Kier alpha value is -3.73. The maximum Gasteiger partial charge on any atom is 0.410 e. The largest absolute Gasteiger partial charge is 0.476 e. The maximum absolute atomic E-state index is 14.7. The lowest BCUT2D eigenvalue weighted by Crippen LogP contribution is -2.40. The molecule has 1 amide bonds. The number of hydrogen-bond acceptors (Lipinski definition) is 7. The zero-order valence-electron chi connectivity index (χ0n) is 21.5. The number of nitrogens with one attached hydrogen (secondary N) is 1. The molecule has 0 aliphatic carbocycles. The minimum Gasteiger partial charge on any atom is -0.476 e. The van der Waals surface area contributed by atoms with Gasteiger partial charge in [0.1, 0.15) is 16.8 Å². The molecular weight excluding hydrogens is 517 g/mol. The van der Waals surface area contributed by atoms with Crippen LogP contribution in [0.4, 0.5) is 14.9 Å². The van der Waals surface area contributed by atoms with Gasteiger partial charge >= 0.3 is 12.1 Å². The number of fused-ring (bicyclic) bond motifs is 1. The van der Waals surface area contributed by atoms with Crippen LogP contribution in [0.2, 0.25) is 5.15 Å². The van der Waals surface area contributed by atoms with Crippen LogP contribution in [0.3, 0.4) is 0 Å². The summed E-state index contributed by atoms with van der Waals surface area (Å²) >= 11 is 5.86. The maximum atomic E-state index is 14.7. The van der Waals surface area contributed by atoms with E-state index in [2.05, 4.69) is 10.3 Å². The van der Waals surface area contributed by atoms with Gasteiger partial charge in [-0.1, -0.05) is 11.6 Å². The predicted octanol–water partition coefficient (Wildman–Crippen LogP) is 4.72. The summed E-state index contributed by atoms with van der Waals surface area (Å²) in [4.78, 5) is 47.6. The summed E-state index contributed by atoms with van der Waals surface area (Å²) in [6, 6.07) is 4.73. The summed E-state index contributed by atoms with van der Waals surface area (Å²) in [7, 11) is 1.61. The van der Waals surface area contributed by atoms with E-state index >= 15 is 0 Å². The minimum atomic E-state index is -1.27. The Kier molecular flexibility index (Phi) is 7.86. The van der Waals surface area contributed by atoms with Crippen LogP contribution in [-0.4, -0.2) is 55.8 Å². The van der Waals surface area contributed by atoms with Gasteiger partial charge in [-0.3, -0.25) is 9.36 Å². The molecule has 38 heavy (non-hydrogen) atoms. The number of likely N-dealkylation sites (tertiary alicyclic amines) is 1. The van der Waals surface area contributed by atoms with Crippen molar-refractivity contribution in [2.24, 2.45) is 7.05 Å². The number of rotatable bonds is 6. The highest BCUT2D eigenvalue weighted by Crippen LogP contribution is 2.31. The third-order valence-corrected chi connectivity index (χ3v) is 6.78. The van der Waals surface area contributed by atoms with E-state index in [0.29, 0.717) is 42.8 Å². The summed E-state index contributed by atoms with van der Waals surface area (Å²) in [6.07, 6.45) is 0.588. The molecule has 3 heterocycles. The molecule has 4 rings (SSSR count). The average Bonchev–Trinajstić information content (AvgIpc) is 2.86. The Morgan fingerprint density at radius 3 is 2.50 bits per heavy atom. The number of benzene rings is 1. The molecule has 2 N–H and O–H groups in total. The van der Waals surface area contributed by atoms with Crippen molar-refractivity contribution >= 4 is 40.3 Å². The first-order valence-electron chi connectivity index (χ1n) is 12.3. The fourth-order valence-corrected chi connectivity index (χ4v) is 4.85. The minimum absolute atomic E-state index is 0.0233. The van der Waals surface area contributed by atoms with Crippen molar-refractivity contribution in [3.8, 4) is 0 Å². The molecule has 0 saturated carbocycles. The number of amides is 1. The summed E-state index contributed by atoms with van der Waals surface area (Å²) in [6.45, 7) is 6.22. The van der Waals surface area contributed by atoms with Crippen molar-refractivity contribution in [2.75, 3.05) is 18.4 Å². The van der Waals surface area contributed by atoms with Gasteiger partial charge in [-0.05, 0) is 57.9 Å². The van der Waals surface area contributed by atoms with Gasteiger partial charge in [0, 0.05) is 31.6 Å². The third kappa shape index (κ3) is 5.57. The molecule has 2 aromatic heterocycles. The van der Waals surface area contributed by atoms with Crippen LogP contribution in [0.5, 0.6) is 0 Å². The van der Waals surface area contributed by atoms with Gasteiger partial charge < -0.3 is 20.1 Å². The molecule has 1 saturated heterocycles. The quantitative estimate of drug-likeness (QED) is 0.426. The second-order valence-corrected chi connectivity index (χ2v) is 10.0. The Balaban J connectivity index is 1.69. The molecular formula is C26H29ClFN5O5. The first kappa shape index (κ1) is 27.3. The van der Waals surface area contributed by atoms with Crippen molar-refractivity contribution in [2.45, 2.75) is 51.7 Å². The number of pyridine rings is 1. The van der Waals surface area contributed by atoms with E-state index in [9.17, 15) is 23.9 Å². The molecule has 0 unspecified atom stereocenters. The number of ether oxygens (including phenoxy) is 1. The first-order valence-corrected chi connectivity index (χ1v) is 12.7. The summed E-state index contributed by atoms with van der Waals surface area (Å²) < 4.78 is 21.4. The van der Waals surface area contributed by atoms with Gasteiger partial charge in [-0.25, -0.2) is 23.9 Å². The molecule has 1 atom stereocenters. The molecule has 202 valence electrons. The number of carbonyl (C=O) groups excluding carboxylic acids is 1. The SMILES string of the molecule is CC(C)OC(=O)N1CCC(c2nc3c([C@@H](C)Nc4ccc(Cl)nc4C(=O)O)cc(F)cc3c(=O)n2C)CC1. The van der Waals surface area contributed by atoms with Crippen molar-refractivity contribution < 1.29 is 23.8 Å². The predicted molar refractivity (Wildman–Crippen MR) is 140 cm³/mol. The van der Waals surface area contributed by atoms with Crippen LogP contribution in [0.25, 0.3) is 10.9 Å². The Labute approximate surface area is 223 Å². The van der Waals surface area contributed by atoms with Crippen LogP contribution >= 0.6 is 11.6 Å². The average molecular weight is 546 g/mol. The smallest absolute Gasteiger partial charge is 0.410 e. The normalized spacial score (nSPS) is 15.1. The topological polar surface area (TPSA) is 127 Å². The summed E-state index contributed by atoms with van der Waals surface area (Å²) in [5, 5.41) is 12.7. The molecule has 0 radical (unpaired) electrons. The number of halogens is 2. The Bertz CT molecular complexity index is 1450. The Morgan fingerprint density at radius 2 is 1.87 bits per heavy atom. The lowest BCUT2D eigenvalue weighted by molar-refractivity contribution is 0.0679. The molecule has 1 aliphatic rings. The van der Waals surface area contributed by atoms with E-state index in [1.165, 1.54) is 22.8 Å². The van der Waals surface area contributed by atoms with Crippen molar-refractivity contribution in [3.05, 3.63) is 62.7 Å². The van der Waals surface area contributed by atoms with E-state index in [1.807, 2.05) is 0 Å². The van der Waals surface area contributed by atoms with Gasteiger partial charge in [0.25, 0.3) is 5.56 Å². The fraction of sp³-hybridized carbons (Fsp3) is 0.423. The van der Waals surface area contributed by atoms with E-state index in [1.54, 1.807) is 32.7 Å². The van der Waals surface area contributed by atoms with Gasteiger partial charge in [-0.2, -0.15) is 0 Å². The van der Waals surface area contributed by atoms with E-state index in [-0.39, 0.29) is 45.6 Å². The van der Waals surface area contributed by atoms with Crippen LogP contribution in [-0.2, 0) is 11.8 Å². The third-order valence-electron chi connectivity index (χ3n) is 6.57. The molecule has 3 aromatic rings. The number of carbonyl (C=O) groups is 2. The molecule has 1 aromatic carbocycles. The van der Waals surface area contributed by atoms with Gasteiger partial charge in [-0.15, -0.1) is 0 Å². The standard InChI is InChI=1S/C26H29ClFN5O5/c1-13(2)38-26(37)33-9-7-15(8-10-33)23-31-21-17(11-16(28)12-18(21)24(34)32(23)4)14(3)29-19-5-6-20(27)30-22(19)25(35)36/h5-6,11-15,29H,7-10H2,1-4H3,(H,35,36)/t14-/m1/s1. The van der Waals surface area contributed by atoms with Crippen molar-refractivity contribution in [1.82, 2.24) is 19.4 Å². The second kappa shape index (κ2) is 10.9. The fourth-order valence-electron chi connectivity index (χ4n) is 4.70. The molecule has 1 fully saturated rings. The number of hydrogen-bond donors (Lipinski definition) is 2. The summed E-state index contributed by atoms with van der Waals surface area (Å²) in [5.74, 6) is -1.44. The zero-order valence-corrected chi connectivity index (χ0v) is 22.3. The molecule has 0 spiro atoms. The Morgan fingerprint density at radius 1 is 1.18 bits per heavy atom. The number of aromatic carboxylic acids is 1. The van der Waals surface area contributed by atoms with E-state index < -0.39 is 17.8 Å². The summed E-state index contributed by atoms with van der Waals surface area (Å²) in [5.41, 5.74) is 0.237. The van der Waals surface area contributed by atoms with Crippen molar-refractivity contribution in [1.29, 1.82) is 0 Å². The van der Waals surface area contributed by atoms with Crippen molar-refractivity contribution in [3.63, 3.8) is 0 Å². The highest BCUT2D eigenvalue weighted by Gasteiger charge is 2.29. The highest BCUT2D eigenvalue weighted by atomic mass is 35.5. The van der Waals surface area contributed by atoms with Gasteiger partial charge in [0.2, 0.25) is 0 Å². The van der Waals surface area contributed by atoms with Crippen LogP contribution in [0, 0.1) is 5.82 Å². The molecule has 12 heteroatoms. The number of piperidine rings is 1. The molecule has 10 nitrogen and oxygen atoms in total. The number of carboxylic acid groups (broad SMARTS) is 1. The monoisotopic (exact) mass is 545 g/mol. The van der Waals surface area contributed by atoms with Gasteiger partial charge in [0.05, 0.1) is 28.7 Å². The second-order valence-electron chi connectivity index (χ2n) is 9.62. The lowest BCUT2D eigenvalue weighted by Gasteiger charge is -2.32. The van der Waals surface area contributed by atoms with E-state index in [0.717, 1.165) is 6.07 Å². The zero-order chi connectivity index (χ0) is 27.7. The van der Waals surface area contributed by atoms with Gasteiger partial charge in [0.15, 0.2) is 5.69 Å². The van der Waals surface area contributed by atoms with Crippen LogP contribution in [0.1, 0.15) is 67.4 Å².